The van der Waals surface area contributed by atoms with E-state index in [1.165, 1.54) is 0 Å². The van der Waals surface area contributed by atoms with Gasteiger partial charge in [0.25, 0.3) is 5.56 Å². The Balaban J connectivity index is 1.82. The van der Waals surface area contributed by atoms with Gasteiger partial charge in [0.05, 0.1) is 19.9 Å². The number of ether oxygens (including phenoxy) is 2. The van der Waals surface area contributed by atoms with Gasteiger partial charge in [0.15, 0.2) is 0 Å². The summed E-state index contributed by atoms with van der Waals surface area (Å²) in [7, 11) is 3.16. The summed E-state index contributed by atoms with van der Waals surface area (Å²) >= 11 is 3.45. The third-order valence-corrected chi connectivity index (χ3v) is 5.65. The number of hydrogen-bond donors (Lipinski definition) is 2. The molecule has 0 saturated heterocycles. The minimum Gasteiger partial charge on any atom is -0.497 e. The van der Waals surface area contributed by atoms with Crippen molar-refractivity contribution >= 4 is 27.6 Å². The molecule has 10 nitrogen and oxygen atoms in total. The second kappa shape index (κ2) is 7.51. The highest BCUT2D eigenvalue weighted by atomic mass is 79.9. The topological polar surface area (TPSA) is 120 Å². The Morgan fingerprint density at radius 3 is 2.65 bits per heavy atom. The highest BCUT2D eigenvalue weighted by Gasteiger charge is 2.36. The van der Waals surface area contributed by atoms with Crippen molar-refractivity contribution in [3.63, 3.8) is 0 Å². The number of anilines is 2. The van der Waals surface area contributed by atoms with E-state index in [4.69, 9.17) is 9.47 Å². The number of halogens is 1. The second-order valence-electron chi connectivity index (χ2n) is 6.78. The fraction of sp³-hybridized carbons (Fsp3) is 0.150. The summed E-state index contributed by atoms with van der Waals surface area (Å²) in [6.45, 7) is 0. The molecule has 2 aromatic heterocycles. The molecule has 5 rings (SSSR count). The molecule has 0 fully saturated rings. The number of nitrogens with zero attached hydrogens (tertiary/aromatic N) is 5. The number of methoxy groups -OCH3 is 2. The molecule has 0 unspecified atom stereocenters. The standard InChI is InChI=1S/C20H16BrN7O3/c1-30-12-7-8-13(14(9-12)31-2)18-15-16(10-3-5-11(21)6-4-10)23-24-19(29)17(15)22-20-25-26-27-28(18)20/h3-9,18H,1-2H3,(H,24,29)(H,22,25,27)/t18-/m1/s1. The molecular formula is C20H16BrN7O3. The van der Waals surface area contributed by atoms with E-state index in [1.54, 1.807) is 25.0 Å². The van der Waals surface area contributed by atoms with E-state index in [9.17, 15) is 4.79 Å². The maximum absolute atomic E-state index is 12.7. The van der Waals surface area contributed by atoms with Crippen LogP contribution < -0.4 is 20.3 Å². The van der Waals surface area contributed by atoms with Crippen LogP contribution in [0.2, 0.25) is 0 Å². The van der Waals surface area contributed by atoms with Gasteiger partial charge in [-0.3, -0.25) is 4.79 Å². The lowest BCUT2D eigenvalue weighted by Gasteiger charge is -2.28. The van der Waals surface area contributed by atoms with Crippen LogP contribution in [0.4, 0.5) is 11.6 Å². The average Bonchev–Trinajstić information content (AvgIpc) is 3.27. The lowest BCUT2D eigenvalue weighted by Crippen LogP contribution is -2.29. The minimum atomic E-state index is -0.560. The number of H-pyrrole nitrogens is 1. The SMILES string of the molecule is COc1ccc([C@@H]2c3c(-c4ccc(Br)cc4)n[nH]c(=O)c3Nc3nnnn32)c(OC)c1. The van der Waals surface area contributed by atoms with Gasteiger partial charge in [0.1, 0.15) is 23.2 Å². The van der Waals surface area contributed by atoms with Crippen LogP contribution in [0, 0.1) is 0 Å². The summed E-state index contributed by atoms with van der Waals surface area (Å²) < 4.78 is 13.5. The number of tetrazole rings is 1. The molecule has 4 aromatic rings. The number of hydrogen-bond acceptors (Lipinski definition) is 8. The molecule has 0 saturated carbocycles. The van der Waals surface area contributed by atoms with E-state index in [2.05, 4.69) is 47.0 Å². The predicted octanol–water partition coefficient (Wildman–Crippen LogP) is 2.90. The molecule has 31 heavy (non-hydrogen) atoms. The van der Waals surface area contributed by atoms with Crippen molar-refractivity contribution in [1.82, 2.24) is 30.4 Å². The lowest BCUT2D eigenvalue weighted by molar-refractivity contribution is 0.386. The van der Waals surface area contributed by atoms with Crippen LogP contribution in [0.15, 0.2) is 51.7 Å². The first-order chi connectivity index (χ1) is 15.1. The highest BCUT2D eigenvalue weighted by molar-refractivity contribution is 9.10. The maximum Gasteiger partial charge on any atom is 0.288 e. The summed E-state index contributed by atoms with van der Waals surface area (Å²) in [6, 6.07) is 12.6. The smallest absolute Gasteiger partial charge is 0.288 e. The Morgan fingerprint density at radius 1 is 1.10 bits per heavy atom. The van der Waals surface area contributed by atoms with Gasteiger partial charge in [-0.1, -0.05) is 33.2 Å². The van der Waals surface area contributed by atoms with Gasteiger partial charge in [-0.05, 0) is 34.7 Å². The van der Waals surface area contributed by atoms with Gasteiger partial charge in [0.2, 0.25) is 5.95 Å². The average molecular weight is 482 g/mol. The normalized spacial score (nSPS) is 14.4. The zero-order valence-electron chi connectivity index (χ0n) is 16.5. The summed E-state index contributed by atoms with van der Waals surface area (Å²) in [6.07, 6.45) is 0. The van der Waals surface area contributed by atoms with Crippen molar-refractivity contribution in [2.45, 2.75) is 6.04 Å². The van der Waals surface area contributed by atoms with Gasteiger partial charge in [-0.2, -0.15) is 9.78 Å². The Kier molecular flexibility index (Phi) is 4.66. The number of fused-ring (bicyclic) bond motifs is 2. The maximum atomic E-state index is 12.7. The van der Waals surface area contributed by atoms with E-state index < -0.39 is 6.04 Å². The van der Waals surface area contributed by atoms with Gasteiger partial charge in [-0.25, -0.2) is 5.10 Å². The molecule has 156 valence electrons. The Hall–Kier alpha value is -3.73. The van der Waals surface area contributed by atoms with Crippen molar-refractivity contribution in [2.75, 3.05) is 19.5 Å². The summed E-state index contributed by atoms with van der Waals surface area (Å²) in [5, 5.41) is 22.0. The van der Waals surface area contributed by atoms with Crippen LogP contribution >= 0.6 is 15.9 Å². The van der Waals surface area contributed by atoms with Crippen molar-refractivity contribution in [1.29, 1.82) is 0 Å². The molecule has 3 heterocycles. The van der Waals surface area contributed by atoms with Gasteiger partial charge >= 0.3 is 0 Å². The molecule has 0 amide bonds. The van der Waals surface area contributed by atoms with E-state index in [0.717, 1.165) is 15.6 Å². The van der Waals surface area contributed by atoms with Crippen molar-refractivity contribution in [3.05, 3.63) is 68.4 Å². The van der Waals surface area contributed by atoms with Crippen molar-refractivity contribution in [2.24, 2.45) is 0 Å². The summed E-state index contributed by atoms with van der Waals surface area (Å²) in [4.78, 5) is 12.7. The first kappa shape index (κ1) is 19.2. The van der Waals surface area contributed by atoms with Crippen LogP contribution in [0.5, 0.6) is 11.5 Å². The molecule has 0 bridgehead atoms. The first-order valence-corrected chi connectivity index (χ1v) is 10.1. The molecule has 2 aromatic carbocycles. The van der Waals surface area contributed by atoms with E-state index in [0.29, 0.717) is 34.4 Å². The van der Waals surface area contributed by atoms with Crippen molar-refractivity contribution in [3.8, 4) is 22.8 Å². The van der Waals surface area contributed by atoms with E-state index >= 15 is 0 Å². The molecule has 11 heteroatoms. The van der Waals surface area contributed by atoms with Crippen LogP contribution in [0.1, 0.15) is 17.2 Å². The lowest BCUT2D eigenvalue weighted by atomic mass is 9.92. The minimum absolute atomic E-state index is 0.332. The van der Waals surface area contributed by atoms with E-state index in [1.807, 2.05) is 36.4 Å². The Bertz CT molecular complexity index is 1330. The Morgan fingerprint density at radius 2 is 1.90 bits per heavy atom. The third kappa shape index (κ3) is 3.13. The predicted molar refractivity (Wildman–Crippen MR) is 116 cm³/mol. The number of nitrogens with one attached hydrogen (secondary N) is 2. The number of benzene rings is 2. The molecular weight excluding hydrogens is 466 g/mol. The van der Waals surface area contributed by atoms with Gasteiger partial charge in [-0.15, -0.1) is 0 Å². The third-order valence-electron chi connectivity index (χ3n) is 5.12. The second-order valence-corrected chi connectivity index (χ2v) is 7.70. The van der Waals surface area contributed by atoms with Crippen LogP contribution in [-0.4, -0.2) is 44.6 Å². The summed E-state index contributed by atoms with van der Waals surface area (Å²) in [5.41, 5.74) is 2.77. The molecule has 0 spiro atoms. The monoisotopic (exact) mass is 481 g/mol. The molecule has 0 radical (unpaired) electrons. The van der Waals surface area contributed by atoms with Gasteiger partial charge < -0.3 is 14.8 Å². The van der Waals surface area contributed by atoms with Crippen LogP contribution in [0.25, 0.3) is 11.3 Å². The Labute approximate surface area is 184 Å². The van der Waals surface area contributed by atoms with Crippen LogP contribution in [0.3, 0.4) is 0 Å². The molecule has 1 atom stereocenters. The zero-order chi connectivity index (χ0) is 21.5. The largest absolute Gasteiger partial charge is 0.497 e. The number of rotatable bonds is 4. The van der Waals surface area contributed by atoms with Crippen LogP contribution in [-0.2, 0) is 0 Å². The van der Waals surface area contributed by atoms with Crippen molar-refractivity contribution < 1.29 is 9.47 Å². The number of aromatic nitrogens is 6. The fourth-order valence-electron chi connectivity index (χ4n) is 3.70. The molecule has 2 N–H and O–H groups in total. The molecule has 1 aliphatic rings. The first-order valence-electron chi connectivity index (χ1n) is 9.26. The quantitative estimate of drug-likeness (QED) is 0.402. The zero-order valence-corrected chi connectivity index (χ0v) is 18.0. The fourth-order valence-corrected chi connectivity index (χ4v) is 3.96. The highest BCUT2D eigenvalue weighted by Crippen LogP contribution is 2.44. The summed E-state index contributed by atoms with van der Waals surface area (Å²) in [5.74, 6) is 1.55. The molecule has 1 aliphatic heterocycles. The molecule has 0 aliphatic carbocycles. The van der Waals surface area contributed by atoms with Gasteiger partial charge in [0, 0.05) is 27.2 Å². The number of aromatic amines is 1. The van der Waals surface area contributed by atoms with E-state index in [-0.39, 0.29) is 5.56 Å².